The third-order valence-electron chi connectivity index (χ3n) is 2.19. The molecule has 0 amide bonds. The average Bonchev–Trinajstić information content (AvgIpc) is 2.73. The minimum atomic E-state index is 0.0803. The molecular weight excluding hydrogens is 230 g/mol. The number of aliphatic hydroxyl groups excluding tert-OH is 1. The minimum Gasteiger partial charge on any atom is -0.408 e. The van der Waals surface area contributed by atoms with Crippen LogP contribution < -0.4 is 4.90 Å². The Balaban J connectivity index is 2.59. The number of nitrogens with zero attached hydrogens (tertiary/aromatic N) is 3. The minimum absolute atomic E-state index is 0.0803. The van der Waals surface area contributed by atoms with Crippen molar-refractivity contribution in [3.05, 3.63) is 5.89 Å². The molecule has 0 saturated carbocycles. The highest BCUT2D eigenvalue weighted by atomic mass is 35.5. The van der Waals surface area contributed by atoms with E-state index in [9.17, 15) is 0 Å². The van der Waals surface area contributed by atoms with Crippen molar-refractivity contribution in [2.45, 2.75) is 26.2 Å². The van der Waals surface area contributed by atoms with E-state index in [4.69, 9.17) is 21.1 Å². The second kappa shape index (κ2) is 7.46. The van der Waals surface area contributed by atoms with Crippen molar-refractivity contribution in [2.24, 2.45) is 0 Å². The molecule has 0 aliphatic carbocycles. The lowest BCUT2D eigenvalue weighted by Crippen LogP contribution is -2.28. The molecule has 1 rings (SSSR count). The van der Waals surface area contributed by atoms with Crippen LogP contribution in [0.25, 0.3) is 0 Å². The van der Waals surface area contributed by atoms with Gasteiger partial charge >= 0.3 is 6.01 Å². The second-order valence-corrected chi connectivity index (χ2v) is 3.86. The molecular formula is C10H18ClN3O2. The Morgan fingerprint density at radius 1 is 1.38 bits per heavy atom. The van der Waals surface area contributed by atoms with Crippen LogP contribution in [0.4, 0.5) is 6.01 Å². The van der Waals surface area contributed by atoms with Gasteiger partial charge in [-0.2, -0.15) is 0 Å². The normalized spacial score (nSPS) is 10.7. The van der Waals surface area contributed by atoms with Gasteiger partial charge in [0.05, 0.1) is 6.61 Å². The number of rotatable bonds is 8. The highest BCUT2D eigenvalue weighted by Gasteiger charge is 2.13. The Morgan fingerprint density at radius 3 is 2.81 bits per heavy atom. The van der Waals surface area contributed by atoms with Gasteiger partial charge in [-0.25, -0.2) is 0 Å². The summed E-state index contributed by atoms with van der Waals surface area (Å²) in [6.45, 7) is 3.53. The molecule has 16 heavy (non-hydrogen) atoms. The summed E-state index contributed by atoms with van der Waals surface area (Å²) >= 11 is 5.59. The zero-order valence-electron chi connectivity index (χ0n) is 9.52. The molecule has 5 nitrogen and oxygen atoms in total. The van der Waals surface area contributed by atoms with E-state index in [1.807, 2.05) is 4.90 Å². The van der Waals surface area contributed by atoms with E-state index in [2.05, 4.69) is 17.1 Å². The van der Waals surface area contributed by atoms with Gasteiger partial charge in [-0.3, -0.25) is 0 Å². The van der Waals surface area contributed by atoms with Crippen molar-refractivity contribution in [2.75, 3.05) is 30.5 Å². The number of hydrogen-bond acceptors (Lipinski definition) is 5. The monoisotopic (exact) mass is 247 g/mol. The van der Waals surface area contributed by atoms with E-state index < -0.39 is 0 Å². The van der Waals surface area contributed by atoms with Crippen LogP contribution in [-0.4, -0.2) is 40.9 Å². The molecule has 92 valence electrons. The SMILES string of the molecule is CCCCN(CCO)c1nnc(CCCl)o1. The van der Waals surface area contributed by atoms with Crippen LogP contribution in [-0.2, 0) is 6.42 Å². The average molecular weight is 248 g/mol. The molecule has 0 aliphatic heterocycles. The molecule has 0 atom stereocenters. The first-order valence-electron chi connectivity index (χ1n) is 5.56. The van der Waals surface area contributed by atoms with Gasteiger partial charge in [0.25, 0.3) is 0 Å². The zero-order valence-corrected chi connectivity index (χ0v) is 10.3. The van der Waals surface area contributed by atoms with Crippen LogP contribution in [0.5, 0.6) is 0 Å². The molecule has 0 aromatic carbocycles. The standard InChI is InChI=1S/C10H18ClN3O2/c1-2-3-6-14(7-8-15)10-13-12-9(16-10)4-5-11/h15H,2-8H2,1H3. The fourth-order valence-corrected chi connectivity index (χ4v) is 1.49. The van der Waals surface area contributed by atoms with Crippen LogP contribution in [0, 0.1) is 0 Å². The summed E-state index contributed by atoms with van der Waals surface area (Å²) in [6.07, 6.45) is 2.70. The van der Waals surface area contributed by atoms with Gasteiger partial charge < -0.3 is 14.4 Å². The lowest BCUT2D eigenvalue weighted by atomic mass is 10.3. The van der Waals surface area contributed by atoms with E-state index >= 15 is 0 Å². The van der Waals surface area contributed by atoms with Crippen LogP contribution in [0.15, 0.2) is 4.42 Å². The number of anilines is 1. The molecule has 1 aromatic rings. The third kappa shape index (κ3) is 3.98. The Labute approximate surface area is 100 Å². The van der Waals surface area contributed by atoms with E-state index in [1.54, 1.807) is 0 Å². The first-order chi connectivity index (χ1) is 7.81. The highest BCUT2D eigenvalue weighted by molar-refractivity contribution is 6.17. The van der Waals surface area contributed by atoms with Crippen LogP contribution in [0.3, 0.4) is 0 Å². The maximum absolute atomic E-state index is 8.95. The number of aryl methyl sites for hydroxylation is 1. The number of aliphatic hydroxyl groups is 1. The van der Waals surface area contributed by atoms with Crippen molar-refractivity contribution in [3.63, 3.8) is 0 Å². The predicted molar refractivity (Wildman–Crippen MR) is 62.9 cm³/mol. The summed E-state index contributed by atoms with van der Waals surface area (Å²) < 4.78 is 5.44. The Bertz CT molecular complexity index is 293. The molecule has 0 spiro atoms. The Hall–Kier alpha value is -0.810. The summed E-state index contributed by atoms with van der Waals surface area (Å²) in [7, 11) is 0. The maximum atomic E-state index is 8.95. The summed E-state index contributed by atoms with van der Waals surface area (Å²) in [5.74, 6) is 1.01. The molecule has 0 bridgehead atoms. The summed E-state index contributed by atoms with van der Waals surface area (Å²) in [6, 6.07) is 0.475. The van der Waals surface area contributed by atoms with E-state index in [1.165, 1.54) is 0 Å². The molecule has 0 saturated heterocycles. The number of aromatic nitrogens is 2. The van der Waals surface area contributed by atoms with E-state index in [-0.39, 0.29) is 6.61 Å². The van der Waals surface area contributed by atoms with Crippen molar-refractivity contribution >= 4 is 17.6 Å². The second-order valence-electron chi connectivity index (χ2n) is 3.48. The molecule has 0 fully saturated rings. The largest absolute Gasteiger partial charge is 0.408 e. The van der Waals surface area contributed by atoms with Gasteiger partial charge in [-0.1, -0.05) is 18.4 Å². The predicted octanol–water partition coefficient (Wildman–Crippen LogP) is 1.45. The van der Waals surface area contributed by atoms with E-state index in [0.29, 0.717) is 30.8 Å². The van der Waals surface area contributed by atoms with Gasteiger partial charge in [-0.05, 0) is 6.42 Å². The molecule has 0 aliphatic rings. The summed E-state index contributed by atoms with van der Waals surface area (Å²) in [4.78, 5) is 1.90. The molecule has 1 heterocycles. The van der Waals surface area contributed by atoms with Gasteiger partial charge in [0.15, 0.2) is 0 Å². The lowest BCUT2D eigenvalue weighted by Gasteiger charge is -2.18. The van der Waals surface area contributed by atoms with Crippen LogP contribution in [0.1, 0.15) is 25.7 Å². The molecule has 1 N–H and O–H groups in total. The number of halogens is 1. The first kappa shape index (κ1) is 13.3. The fourth-order valence-electron chi connectivity index (χ4n) is 1.33. The molecule has 0 unspecified atom stereocenters. The van der Waals surface area contributed by atoms with Gasteiger partial charge in [-0.15, -0.1) is 16.7 Å². The summed E-state index contributed by atoms with van der Waals surface area (Å²) in [5.41, 5.74) is 0. The fraction of sp³-hybridized carbons (Fsp3) is 0.800. The van der Waals surface area contributed by atoms with Crippen molar-refractivity contribution in [1.29, 1.82) is 0 Å². The van der Waals surface area contributed by atoms with Crippen LogP contribution in [0.2, 0.25) is 0 Å². The first-order valence-corrected chi connectivity index (χ1v) is 6.09. The van der Waals surface area contributed by atoms with E-state index in [0.717, 1.165) is 19.4 Å². The van der Waals surface area contributed by atoms with Gasteiger partial charge in [0, 0.05) is 25.4 Å². The quantitative estimate of drug-likeness (QED) is 0.705. The van der Waals surface area contributed by atoms with Crippen LogP contribution >= 0.6 is 11.6 Å². The topological polar surface area (TPSA) is 62.4 Å². The Morgan fingerprint density at radius 2 is 2.19 bits per heavy atom. The van der Waals surface area contributed by atoms with Gasteiger partial charge in [0.2, 0.25) is 5.89 Å². The zero-order chi connectivity index (χ0) is 11.8. The maximum Gasteiger partial charge on any atom is 0.318 e. The highest BCUT2D eigenvalue weighted by Crippen LogP contribution is 2.13. The van der Waals surface area contributed by atoms with Gasteiger partial charge in [0.1, 0.15) is 0 Å². The number of unbranched alkanes of at least 4 members (excludes halogenated alkanes) is 1. The molecule has 6 heteroatoms. The Kier molecular flexibility index (Phi) is 6.18. The number of hydrogen-bond donors (Lipinski definition) is 1. The third-order valence-corrected chi connectivity index (χ3v) is 2.38. The lowest BCUT2D eigenvalue weighted by molar-refractivity contribution is 0.298. The smallest absolute Gasteiger partial charge is 0.318 e. The summed E-state index contributed by atoms with van der Waals surface area (Å²) in [5, 5.41) is 16.8. The molecule has 1 aromatic heterocycles. The van der Waals surface area contributed by atoms with Crippen molar-refractivity contribution in [3.8, 4) is 0 Å². The van der Waals surface area contributed by atoms with Crippen molar-refractivity contribution < 1.29 is 9.52 Å². The molecule has 0 radical (unpaired) electrons. The van der Waals surface area contributed by atoms with Crippen molar-refractivity contribution in [1.82, 2.24) is 10.2 Å². The number of alkyl halides is 1.